The van der Waals surface area contributed by atoms with Crippen LogP contribution in [0.15, 0.2) is 65.2 Å². The van der Waals surface area contributed by atoms with Crippen molar-refractivity contribution in [3.05, 3.63) is 82.2 Å². The Kier molecular flexibility index (Phi) is 4.70. The van der Waals surface area contributed by atoms with Gasteiger partial charge in [-0.15, -0.1) is 11.3 Å². The van der Waals surface area contributed by atoms with Crippen molar-refractivity contribution in [3.8, 4) is 11.3 Å². The second kappa shape index (κ2) is 7.30. The summed E-state index contributed by atoms with van der Waals surface area (Å²) in [5.41, 5.74) is 5.05. The Morgan fingerprint density at radius 2 is 1.93 bits per heavy atom. The van der Waals surface area contributed by atoms with Gasteiger partial charge in [0.1, 0.15) is 5.82 Å². The van der Waals surface area contributed by atoms with Crippen LogP contribution in [0.4, 0.5) is 4.39 Å². The number of aromatic nitrogens is 2. The van der Waals surface area contributed by atoms with Crippen molar-refractivity contribution < 1.29 is 9.18 Å². The number of nitrogens with one attached hydrogen (secondary N) is 1. The maximum absolute atomic E-state index is 13.2. The molecule has 4 aromatic rings. The zero-order valence-electron chi connectivity index (χ0n) is 13.8. The van der Waals surface area contributed by atoms with Crippen molar-refractivity contribution in [2.75, 3.05) is 0 Å². The normalized spacial score (nSPS) is 11.3. The van der Waals surface area contributed by atoms with E-state index in [-0.39, 0.29) is 11.7 Å². The summed E-state index contributed by atoms with van der Waals surface area (Å²) in [4.78, 5) is 17.5. The number of amides is 1. The number of benzene rings is 2. The molecule has 0 spiro atoms. The smallest absolute Gasteiger partial charge is 0.271 e. The van der Waals surface area contributed by atoms with Gasteiger partial charge >= 0.3 is 0 Å². The van der Waals surface area contributed by atoms with Crippen LogP contribution in [-0.4, -0.2) is 21.5 Å². The van der Waals surface area contributed by atoms with E-state index in [4.69, 9.17) is 11.6 Å². The van der Waals surface area contributed by atoms with E-state index in [9.17, 15) is 9.18 Å². The molecule has 0 fully saturated rings. The summed E-state index contributed by atoms with van der Waals surface area (Å²) in [5, 5.41) is 6.52. The average Bonchev–Trinajstić information content (AvgIpc) is 3.25. The molecule has 0 saturated carbocycles. The van der Waals surface area contributed by atoms with Gasteiger partial charge in [0.2, 0.25) is 0 Å². The summed E-state index contributed by atoms with van der Waals surface area (Å²) in [7, 11) is 0. The molecule has 1 N–H and O–H groups in total. The highest BCUT2D eigenvalue weighted by atomic mass is 35.5. The molecule has 0 aliphatic rings. The fourth-order valence-corrected chi connectivity index (χ4v) is 3.41. The molecule has 134 valence electrons. The molecule has 5 nitrogen and oxygen atoms in total. The Bertz CT molecular complexity index is 1130. The predicted molar refractivity (Wildman–Crippen MR) is 105 cm³/mol. The second-order valence-corrected chi connectivity index (χ2v) is 6.92. The van der Waals surface area contributed by atoms with Crippen LogP contribution in [0, 0.1) is 5.82 Å². The number of carbonyl (C=O) groups excluding carboxylic acids is 1. The van der Waals surface area contributed by atoms with Crippen LogP contribution in [0.3, 0.4) is 0 Å². The van der Waals surface area contributed by atoms with Crippen LogP contribution < -0.4 is 5.43 Å². The lowest BCUT2D eigenvalue weighted by Gasteiger charge is -2.01. The highest BCUT2D eigenvalue weighted by molar-refractivity contribution is 7.15. The fraction of sp³-hybridized carbons (Fsp3) is 0. The number of carbonyl (C=O) groups is 1. The van der Waals surface area contributed by atoms with Crippen molar-refractivity contribution in [2.24, 2.45) is 5.10 Å². The van der Waals surface area contributed by atoms with E-state index in [2.05, 4.69) is 15.5 Å². The predicted octanol–water partition coefficient (Wildman–Crippen LogP) is 4.62. The van der Waals surface area contributed by atoms with Crippen molar-refractivity contribution in [1.82, 2.24) is 14.8 Å². The van der Waals surface area contributed by atoms with Crippen molar-refractivity contribution in [2.45, 2.75) is 0 Å². The van der Waals surface area contributed by atoms with Gasteiger partial charge in [-0.25, -0.2) is 14.8 Å². The van der Waals surface area contributed by atoms with Gasteiger partial charge in [-0.05, 0) is 48.5 Å². The van der Waals surface area contributed by atoms with E-state index in [1.807, 2.05) is 16.0 Å². The van der Waals surface area contributed by atoms with Crippen LogP contribution in [0.5, 0.6) is 0 Å². The molecule has 0 radical (unpaired) electrons. The maximum atomic E-state index is 13.2. The van der Waals surface area contributed by atoms with Crippen LogP contribution in [0.1, 0.15) is 16.1 Å². The largest absolute Gasteiger partial charge is 0.289 e. The van der Waals surface area contributed by atoms with Crippen LogP contribution in [0.2, 0.25) is 5.02 Å². The topological polar surface area (TPSA) is 58.8 Å². The van der Waals surface area contributed by atoms with E-state index in [0.717, 1.165) is 10.5 Å². The number of thiazole rings is 1. The summed E-state index contributed by atoms with van der Waals surface area (Å²) in [6.07, 6.45) is 3.39. The Morgan fingerprint density at radius 3 is 2.67 bits per heavy atom. The van der Waals surface area contributed by atoms with Crippen LogP contribution in [-0.2, 0) is 0 Å². The summed E-state index contributed by atoms with van der Waals surface area (Å²) >= 11 is 7.30. The molecule has 0 bridgehead atoms. The first-order chi connectivity index (χ1) is 13.1. The Labute approximate surface area is 162 Å². The Hall–Kier alpha value is -3.03. The van der Waals surface area contributed by atoms with E-state index >= 15 is 0 Å². The van der Waals surface area contributed by atoms with Crippen molar-refractivity contribution in [1.29, 1.82) is 0 Å². The number of hydrazone groups is 1. The third kappa shape index (κ3) is 3.60. The third-order valence-electron chi connectivity index (χ3n) is 3.88. The molecule has 0 unspecified atom stereocenters. The lowest BCUT2D eigenvalue weighted by molar-refractivity contribution is 0.0955. The van der Waals surface area contributed by atoms with Crippen LogP contribution >= 0.6 is 22.9 Å². The lowest BCUT2D eigenvalue weighted by atomic mass is 10.1. The number of imidazole rings is 1. The number of halogens is 2. The number of hydrogen-bond donors (Lipinski definition) is 1. The number of hydrogen-bond acceptors (Lipinski definition) is 4. The van der Waals surface area contributed by atoms with E-state index in [0.29, 0.717) is 22.0 Å². The fourth-order valence-electron chi connectivity index (χ4n) is 2.56. The first kappa shape index (κ1) is 17.4. The van der Waals surface area contributed by atoms with E-state index < -0.39 is 0 Å². The quantitative estimate of drug-likeness (QED) is 0.403. The van der Waals surface area contributed by atoms with Gasteiger partial charge in [-0.3, -0.25) is 9.20 Å². The summed E-state index contributed by atoms with van der Waals surface area (Å²) in [6.45, 7) is 0. The maximum Gasteiger partial charge on any atom is 0.271 e. The number of nitrogens with zero attached hydrogens (tertiary/aromatic N) is 3. The molecule has 8 heteroatoms. The van der Waals surface area contributed by atoms with Gasteiger partial charge in [0.15, 0.2) is 4.96 Å². The number of rotatable bonds is 4. The standard InChI is InChI=1S/C19H12ClFN4OS/c20-14-5-1-13(2-6-14)18(26)24-22-11-16-17(12-3-7-15(21)8-4-12)23-19-25(16)9-10-27-19/h1-11H,(H,24,26)/b22-11+. The molecule has 0 aliphatic heterocycles. The monoisotopic (exact) mass is 398 g/mol. The molecule has 2 aromatic carbocycles. The van der Waals surface area contributed by atoms with Gasteiger partial charge in [-0.1, -0.05) is 11.6 Å². The molecule has 0 aliphatic carbocycles. The zero-order valence-corrected chi connectivity index (χ0v) is 15.3. The number of fused-ring (bicyclic) bond motifs is 1. The highest BCUT2D eigenvalue weighted by Crippen LogP contribution is 2.25. The molecule has 2 aromatic heterocycles. The van der Waals surface area contributed by atoms with Gasteiger partial charge < -0.3 is 0 Å². The minimum Gasteiger partial charge on any atom is -0.289 e. The molecule has 27 heavy (non-hydrogen) atoms. The van der Waals surface area contributed by atoms with Gasteiger partial charge in [-0.2, -0.15) is 5.10 Å². The Morgan fingerprint density at radius 1 is 1.19 bits per heavy atom. The minimum absolute atomic E-state index is 0.315. The molecular formula is C19H12ClFN4OS. The van der Waals surface area contributed by atoms with Gasteiger partial charge in [0.05, 0.1) is 17.6 Å². The molecular weight excluding hydrogens is 387 g/mol. The summed E-state index contributed by atoms with van der Waals surface area (Å²) in [5.74, 6) is -0.664. The van der Waals surface area contributed by atoms with Crippen molar-refractivity contribution in [3.63, 3.8) is 0 Å². The molecule has 2 heterocycles. The SMILES string of the molecule is O=C(N/N=C/c1c(-c2ccc(F)cc2)nc2sccn12)c1ccc(Cl)cc1. The second-order valence-electron chi connectivity index (χ2n) is 5.61. The summed E-state index contributed by atoms with van der Waals surface area (Å²) in [6, 6.07) is 12.6. The highest BCUT2D eigenvalue weighted by Gasteiger charge is 2.14. The first-order valence-electron chi connectivity index (χ1n) is 7.92. The zero-order chi connectivity index (χ0) is 18.8. The molecule has 4 rings (SSSR count). The first-order valence-corrected chi connectivity index (χ1v) is 9.18. The van der Waals surface area contributed by atoms with Gasteiger partial charge in [0, 0.05) is 27.7 Å². The average molecular weight is 399 g/mol. The van der Waals surface area contributed by atoms with Crippen LogP contribution in [0.25, 0.3) is 16.2 Å². The van der Waals surface area contributed by atoms with Crippen molar-refractivity contribution >= 4 is 40.0 Å². The Balaban J connectivity index is 1.62. The summed E-state index contributed by atoms with van der Waals surface area (Å²) < 4.78 is 15.1. The third-order valence-corrected chi connectivity index (χ3v) is 4.88. The molecule has 0 atom stereocenters. The minimum atomic E-state index is -0.350. The lowest BCUT2D eigenvalue weighted by Crippen LogP contribution is -2.17. The van der Waals surface area contributed by atoms with E-state index in [1.54, 1.807) is 36.4 Å². The van der Waals surface area contributed by atoms with Gasteiger partial charge in [0.25, 0.3) is 5.91 Å². The molecule has 0 saturated heterocycles. The van der Waals surface area contributed by atoms with E-state index in [1.165, 1.54) is 29.7 Å². The molecule has 1 amide bonds.